The summed E-state index contributed by atoms with van der Waals surface area (Å²) in [7, 11) is -7.63. The van der Waals surface area contributed by atoms with Crippen LogP contribution in [-0.4, -0.2) is 29.2 Å². The van der Waals surface area contributed by atoms with Crippen molar-refractivity contribution in [3.63, 3.8) is 0 Å². The molecule has 1 aliphatic rings. The van der Waals surface area contributed by atoms with Crippen LogP contribution in [0.15, 0.2) is 63.3 Å². The molecule has 9 heteroatoms. The third-order valence-electron chi connectivity index (χ3n) is 4.30. The lowest BCUT2D eigenvalue weighted by Crippen LogP contribution is -2.29. The lowest BCUT2D eigenvalue weighted by Gasteiger charge is -2.11. The smallest absolute Gasteiger partial charge is 0.262 e. The van der Waals surface area contributed by atoms with Crippen LogP contribution in [0.1, 0.15) is 31.7 Å². The molecule has 0 amide bonds. The molecule has 3 rings (SSSR count). The van der Waals surface area contributed by atoms with Gasteiger partial charge in [-0.2, -0.15) is 0 Å². The monoisotopic (exact) mass is 421 g/mol. The molecule has 2 N–H and O–H groups in total. The average Bonchev–Trinajstić information content (AvgIpc) is 3.15. The van der Waals surface area contributed by atoms with Gasteiger partial charge in [-0.15, -0.1) is 0 Å². The topological polar surface area (TPSA) is 105 Å². The van der Waals surface area contributed by atoms with Gasteiger partial charge in [0.15, 0.2) is 0 Å². The van der Waals surface area contributed by atoms with Crippen LogP contribution in [0.2, 0.25) is 0 Å². The van der Waals surface area contributed by atoms with Gasteiger partial charge in [-0.1, -0.05) is 31.5 Å². The standard InChI is InChI=1S/C19H23N3O4S2/c1-2-5-15-9-11-17(12-10-15)27(23,24)21-16-6-3-7-18(14-16)28(25,26)22-19-8-4-13-20-19/h3,6-7,9-12,14,21H,2,4-5,8,13H2,1H3,(H,20,22). The molecule has 150 valence electrons. The number of anilines is 1. The van der Waals surface area contributed by atoms with Crippen LogP contribution >= 0.6 is 0 Å². The Morgan fingerprint density at radius 1 is 0.929 bits per heavy atom. The van der Waals surface area contributed by atoms with Crippen LogP contribution in [0.4, 0.5) is 5.69 Å². The highest BCUT2D eigenvalue weighted by Gasteiger charge is 2.20. The minimum Gasteiger partial charge on any atom is -0.280 e. The van der Waals surface area contributed by atoms with E-state index in [9.17, 15) is 16.8 Å². The zero-order valence-electron chi connectivity index (χ0n) is 15.6. The Hall–Kier alpha value is -2.39. The lowest BCUT2D eigenvalue weighted by atomic mass is 10.1. The highest BCUT2D eigenvalue weighted by Crippen LogP contribution is 2.20. The predicted molar refractivity (Wildman–Crippen MR) is 110 cm³/mol. The predicted octanol–water partition coefficient (Wildman–Crippen LogP) is 2.91. The van der Waals surface area contributed by atoms with Crippen molar-refractivity contribution < 1.29 is 16.8 Å². The van der Waals surface area contributed by atoms with Gasteiger partial charge >= 0.3 is 0 Å². The summed E-state index contributed by atoms with van der Waals surface area (Å²) in [5.74, 6) is 0.429. The Balaban J connectivity index is 1.79. The highest BCUT2D eigenvalue weighted by atomic mass is 32.2. The molecule has 0 saturated carbocycles. The van der Waals surface area contributed by atoms with Gasteiger partial charge in [0.25, 0.3) is 20.0 Å². The number of sulfonamides is 2. The van der Waals surface area contributed by atoms with E-state index in [-0.39, 0.29) is 15.5 Å². The number of nitrogens with zero attached hydrogens (tertiary/aromatic N) is 1. The minimum absolute atomic E-state index is 0.0272. The van der Waals surface area contributed by atoms with Crippen molar-refractivity contribution in [2.75, 3.05) is 11.3 Å². The molecule has 0 spiro atoms. The zero-order chi connectivity index (χ0) is 20.2. The second-order valence-electron chi connectivity index (χ2n) is 6.56. The van der Waals surface area contributed by atoms with E-state index in [0.29, 0.717) is 18.8 Å². The van der Waals surface area contributed by atoms with Crippen LogP contribution in [0, 0.1) is 0 Å². The summed E-state index contributed by atoms with van der Waals surface area (Å²) in [5.41, 5.74) is 1.24. The van der Waals surface area contributed by atoms with Crippen molar-refractivity contribution in [1.82, 2.24) is 4.72 Å². The van der Waals surface area contributed by atoms with Crippen LogP contribution in [-0.2, 0) is 26.5 Å². The number of hydrogen-bond acceptors (Lipinski definition) is 5. The van der Waals surface area contributed by atoms with Gasteiger partial charge < -0.3 is 0 Å². The molecule has 0 fully saturated rings. The van der Waals surface area contributed by atoms with E-state index in [1.165, 1.54) is 24.3 Å². The number of aliphatic imine (C=N–C) groups is 1. The Morgan fingerprint density at radius 3 is 2.29 bits per heavy atom. The van der Waals surface area contributed by atoms with Crippen LogP contribution in [0.3, 0.4) is 0 Å². The van der Waals surface area contributed by atoms with Crippen LogP contribution in [0.5, 0.6) is 0 Å². The molecule has 1 aliphatic heterocycles. The first-order valence-corrected chi connectivity index (χ1v) is 12.0. The van der Waals surface area contributed by atoms with Gasteiger partial charge in [-0.25, -0.2) is 16.8 Å². The van der Waals surface area contributed by atoms with Crippen LogP contribution < -0.4 is 9.44 Å². The van der Waals surface area contributed by atoms with Gasteiger partial charge in [-0.3, -0.25) is 14.4 Å². The molecule has 28 heavy (non-hydrogen) atoms. The van der Waals surface area contributed by atoms with E-state index in [1.807, 2.05) is 0 Å². The normalized spacial score (nSPS) is 14.5. The lowest BCUT2D eigenvalue weighted by molar-refractivity contribution is 0.591. The molecule has 2 aromatic rings. The fourth-order valence-corrected chi connectivity index (χ4v) is 5.09. The van der Waals surface area contributed by atoms with E-state index in [0.717, 1.165) is 24.8 Å². The highest BCUT2D eigenvalue weighted by molar-refractivity contribution is 7.92. The largest absolute Gasteiger partial charge is 0.280 e. The molecule has 0 bridgehead atoms. The van der Waals surface area contributed by atoms with E-state index in [2.05, 4.69) is 21.4 Å². The minimum atomic E-state index is -3.82. The fraction of sp³-hybridized carbons (Fsp3) is 0.316. The summed E-state index contributed by atoms with van der Waals surface area (Å²) < 4.78 is 55.1. The molecule has 0 atom stereocenters. The SMILES string of the molecule is CCCc1ccc(S(=O)(=O)Nc2cccc(S(=O)(=O)NC3=NCCC3)c2)cc1. The molecular formula is C19H23N3O4S2. The summed E-state index contributed by atoms with van der Waals surface area (Å²) in [6.07, 6.45) is 3.26. The number of rotatable bonds is 7. The molecule has 0 aliphatic carbocycles. The molecule has 0 aromatic heterocycles. The van der Waals surface area contributed by atoms with E-state index in [1.54, 1.807) is 24.3 Å². The van der Waals surface area contributed by atoms with Crippen molar-refractivity contribution in [1.29, 1.82) is 0 Å². The fourth-order valence-electron chi connectivity index (χ4n) is 2.90. The maximum Gasteiger partial charge on any atom is 0.262 e. The Labute approximate surface area is 166 Å². The molecule has 7 nitrogen and oxygen atoms in total. The second-order valence-corrected chi connectivity index (χ2v) is 9.93. The second kappa shape index (κ2) is 8.32. The quantitative estimate of drug-likeness (QED) is 0.717. The van der Waals surface area contributed by atoms with Crippen molar-refractivity contribution in [2.45, 2.75) is 42.4 Å². The summed E-state index contributed by atoms with van der Waals surface area (Å²) in [5, 5.41) is 0. The third kappa shape index (κ3) is 4.90. The van der Waals surface area contributed by atoms with Crippen molar-refractivity contribution in [2.24, 2.45) is 4.99 Å². The number of nitrogens with one attached hydrogen (secondary N) is 2. The zero-order valence-corrected chi connectivity index (χ0v) is 17.2. The summed E-state index contributed by atoms with van der Waals surface area (Å²) in [4.78, 5) is 4.20. The summed E-state index contributed by atoms with van der Waals surface area (Å²) in [6.45, 7) is 2.66. The number of benzene rings is 2. The maximum atomic E-state index is 12.6. The molecule has 2 aromatic carbocycles. The first kappa shape index (κ1) is 20.3. The van der Waals surface area contributed by atoms with E-state index < -0.39 is 20.0 Å². The van der Waals surface area contributed by atoms with E-state index >= 15 is 0 Å². The van der Waals surface area contributed by atoms with Crippen LogP contribution in [0.25, 0.3) is 0 Å². The molecule has 0 unspecified atom stereocenters. The first-order chi connectivity index (χ1) is 13.3. The Morgan fingerprint density at radius 2 is 1.64 bits per heavy atom. The number of hydrogen-bond donors (Lipinski definition) is 2. The van der Waals surface area contributed by atoms with Gasteiger partial charge in [0.1, 0.15) is 5.84 Å². The molecule has 0 radical (unpaired) electrons. The average molecular weight is 422 g/mol. The summed E-state index contributed by atoms with van der Waals surface area (Å²) >= 11 is 0. The third-order valence-corrected chi connectivity index (χ3v) is 7.07. The van der Waals surface area contributed by atoms with Crippen molar-refractivity contribution in [3.05, 3.63) is 54.1 Å². The number of amidine groups is 1. The van der Waals surface area contributed by atoms with Crippen molar-refractivity contribution in [3.8, 4) is 0 Å². The van der Waals surface area contributed by atoms with Gasteiger partial charge in [-0.05, 0) is 48.7 Å². The van der Waals surface area contributed by atoms with E-state index in [4.69, 9.17) is 0 Å². The number of aryl methyl sites for hydroxylation is 1. The Kier molecular flexibility index (Phi) is 6.04. The summed E-state index contributed by atoms with van der Waals surface area (Å²) in [6, 6.07) is 12.4. The van der Waals surface area contributed by atoms with Gasteiger partial charge in [0.2, 0.25) is 0 Å². The molecular weight excluding hydrogens is 398 g/mol. The molecule has 0 saturated heterocycles. The Bertz CT molecular complexity index is 1080. The van der Waals surface area contributed by atoms with Gasteiger partial charge in [0, 0.05) is 13.0 Å². The molecule has 1 heterocycles. The first-order valence-electron chi connectivity index (χ1n) is 9.08. The van der Waals surface area contributed by atoms with Gasteiger partial charge in [0.05, 0.1) is 15.5 Å². The van der Waals surface area contributed by atoms with Crippen molar-refractivity contribution >= 4 is 31.6 Å². The maximum absolute atomic E-state index is 12.6.